The van der Waals surface area contributed by atoms with E-state index in [1.54, 1.807) is 48.2 Å². The highest BCUT2D eigenvalue weighted by molar-refractivity contribution is 7.98. The van der Waals surface area contributed by atoms with Gasteiger partial charge in [-0.3, -0.25) is 4.79 Å². The molecule has 4 nitrogen and oxygen atoms in total. The summed E-state index contributed by atoms with van der Waals surface area (Å²) < 4.78 is 13.5. The Hall–Kier alpha value is -2.34. The van der Waals surface area contributed by atoms with Crippen molar-refractivity contribution in [2.75, 3.05) is 12.3 Å². The molecule has 2 N–H and O–H groups in total. The zero-order valence-corrected chi connectivity index (χ0v) is 14.5. The van der Waals surface area contributed by atoms with Crippen molar-refractivity contribution >= 4 is 23.6 Å². The summed E-state index contributed by atoms with van der Waals surface area (Å²) in [6.45, 7) is 0.499. The largest absolute Gasteiger partial charge is 0.478 e. The normalized spacial score (nSPS) is 10.4. The molecule has 0 aliphatic rings. The minimum Gasteiger partial charge on any atom is -0.478 e. The summed E-state index contributed by atoms with van der Waals surface area (Å²) in [6.07, 6.45) is 0.624. The summed E-state index contributed by atoms with van der Waals surface area (Å²) in [4.78, 5) is 23.0. The first-order valence-electron chi connectivity index (χ1n) is 7.97. The van der Waals surface area contributed by atoms with E-state index in [1.807, 2.05) is 0 Å². The summed E-state index contributed by atoms with van der Waals surface area (Å²) in [6, 6.07) is 13.3. The van der Waals surface area contributed by atoms with Gasteiger partial charge in [-0.15, -0.1) is 0 Å². The number of amides is 1. The van der Waals surface area contributed by atoms with E-state index >= 15 is 0 Å². The fraction of sp³-hybridized carbons (Fsp3) is 0.263. The first-order chi connectivity index (χ1) is 12.1. The first kappa shape index (κ1) is 19.0. The monoisotopic (exact) mass is 361 g/mol. The van der Waals surface area contributed by atoms with E-state index in [0.717, 1.165) is 0 Å². The van der Waals surface area contributed by atoms with Crippen LogP contribution in [0, 0.1) is 5.82 Å². The zero-order valence-electron chi connectivity index (χ0n) is 13.7. The number of carbonyl (C=O) groups excluding carboxylic acids is 1. The first-order valence-corrected chi connectivity index (χ1v) is 9.12. The van der Waals surface area contributed by atoms with E-state index in [2.05, 4.69) is 5.32 Å². The molecule has 0 saturated carbocycles. The van der Waals surface area contributed by atoms with Crippen LogP contribution >= 0.6 is 11.8 Å². The molecule has 0 spiro atoms. The Labute approximate surface area is 150 Å². The maximum atomic E-state index is 13.5. The van der Waals surface area contributed by atoms with Crippen LogP contribution in [0.25, 0.3) is 0 Å². The lowest BCUT2D eigenvalue weighted by Crippen LogP contribution is -2.26. The van der Waals surface area contributed by atoms with Crippen LogP contribution in [0.4, 0.5) is 4.39 Å². The number of carbonyl (C=O) groups is 2. The number of aromatic carboxylic acids is 1. The molecule has 2 aromatic carbocycles. The SMILES string of the molecule is O=C(CCc1ccccc1C(=O)O)NCCSCc1ccccc1F. The lowest BCUT2D eigenvalue weighted by atomic mass is 10.0. The molecular weight excluding hydrogens is 341 g/mol. The van der Waals surface area contributed by atoms with Crippen LogP contribution in [-0.4, -0.2) is 29.3 Å². The lowest BCUT2D eigenvalue weighted by molar-refractivity contribution is -0.120. The molecule has 0 aliphatic carbocycles. The summed E-state index contributed by atoms with van der Waals surface area (Å²) in [7, 11) is 0. The van der Waals surface area contributed by atoms with Gasteiger partial charge in [0.25, 0.3) is 0 Å². The van der Waals surface area contributed by atoms with Gasteiger partial charge in [-0.2, -0.15) is 11.8 Å². The molecule has 2 aromatic rings. The standard InChI is InChI=1S/C19H20FNO3S/c20-17-8-4-2-6-15(17)13-25-12-11-21-18(22)10-9-14-5-1-3-7-16(14)19(23)24/h1-8H,9-13H2,(H,21,22)(H,23,24). The van der Waals surface area contributed by atoms with Crippen LogP contribution in [0.5, 0.6) is 0 Å². The minimum absolute atomic E-state index is 0.119. The molecule has 0 heterocycles. The number of carboxylic acids is 1. The highest BCUT2D eigenvalue weighted by atomic mass is 32.2. The smallest absolute Gasteiger partial charge is 0.335 e. The predicted octanol–water partition coefficient (Wildman–Crippen LogP) is 3.51. The van der Waals surface area contributed by atoms with Gasteiger partial charge < -0.3 is 10.4 Å². The Bertz CT molecular complexity index is 736. The van der Waals surface area contributed by atoms with E-state index in [4.69, 9.17) is 5.11 Å². The molecule has 2 rings (SSSR count). The van der Waals surface area contributed by atoms with E-state index in [1.165, 1.54) is 12.1 Å². The van der Waals surface area contributed by atoms with Crippen molar-refractivity contribution in [2.24, 2.45) is 0 Å². The van der Waals surface area contributed by atoms with Gasteiger partial charge in [-0.05, 0) is 29.7 Å². The van der Waals surface area contributed by atoms with Crippen LogP contribution < -0.4 is 5.32 Å². The molecule has 0 atom stereocenters. The number of nitrogens with one attached hydrogen (secondary N) is 1. The van der Waals surface area contributed by atoms with Crippen molar-refractivity contribution in [3.05, 3.63) is 71.0 Å². The van der Waals surface area contributed by atoms with Crippen molar-refractivity contribution in [2.45, 2.75) is 18.6 Å². The summed E-state index contributed by atoms with van der Waals surface area (Å²) in [5.41, 5.74) is 1.54. The van der Waals surface area contributed by atoms with Crippen LogP contribution in [0.3, 0.4) is 0 Å². The van der Waals surface area contributed by atoms with Crippen molar-refractivity contribution in [1.82, 2.24) is 5.32 Å². The number of halogens is 1. The Balaban J connectivity index is 1.66. The van der Waals surface area contributed by atoms with Gasteiger partial charge in [0, 0.05) is 24.5 Å². The molecule has 1 amide bonds. The second-order valence-corrected chi connectivity index (χ2v) is 6.56. The Kier molecular flexibility index (Phi) is 7.47. The minimum atomic E-state index is -0.986. The van der Waals surface area contributed by atoms with Gasteiger partial charge in [0.15, 0.2) is 0 Å². The van der Waals surface area contributed by atoms with Gasteiger partial charge in [0.2, 0.25) is 5.91 Å². The third-order valence-corrected chi connectivity index (χ3v) is 4.66. The van der Waals surface area contributed by atoms with Gasteiger partial charge in [-0.25, -0.2) is 9.18 Å². The average Bonchev–Trinajstić information content (AvgIpc) is 2.61. The number of hydrogen-bond acceptors (Lipinski definition) is 3. The van der Waals surface area contributed by atoms with Gasteiger partial charge in [0.05, 0.1) is 5.56 Å². The molecule has 0 radical (unpaired) electrons. The molecule has 0 saturated heterocycles. The van der Waals surface area contributed by atoms with Gasteiger partial charge >= 0.3 is 5.97 Å². The maximum Gasteiger partial charge on any atom is 0.335 e. The Morgan fingerprint density at radius 1 is 1.04 bits per heavy atom. The Morgan fingerprint density at radius 3 is 2.44 bits per heavy atom. The molecule has 0 bridgehead atoms. The average molecular weight is 361 g/mol. The number of benzene rings is 2. The van der Waals surface area contributed by atoms with Crippen molar-refractivity contribution < 1.29 is 19.1 Å². The number of hydrogen-bond donors (Lipinski definition) is 2. The molecule has 25 heavy (non-hydrogen) atoms. The van der Waals surface area contributed by atoms with E-state index in [0.29, 0.717) is 35.6 Å². The summed E-state index contributed by atoms with van der Waals surface area (Å²) >= 11 is 1.55. The molecule has 6 heteroatoms. The fourth-order valence-electron chi connectivity index (χ4n) is 2.34. The molecule has 0 aliphatic heterocycles. The van der Waals surface area contributed by atoms with Crippen LogP contribution in [0.2, 0.25) is 0 Å². The zero-order chi connectivity index (χ0) is 18.1. The predicted molar refractivity (Wildman–Crippen MR) is 97.3 cm³/mol. The summed E-state index contributed by atoms with van der Waals surface area (Å²) in [5.74, 6) is -0.0660. The van der Waals surface area contributed by atoms with E-state index in [9.17, 15) is 14.0 Å². The van der Waals surface area contributed by atoms with Gasteiger partial charge in [0.1, 0.15) is 5.82 Å². The van der Waals surface area contributed by atoms with E-state index < -0.39 is 5.97 Å². The molecule has 0 fully saturated rings. The van der Waals surface area contributed by atoms with Crippen molar-refractivity contribution in [1.29, 1.82) is 0 Å². The quantitative estimate of drug-likeness (QED) is 0.671. The second-order valence-electron chi connectivity index (χ2n) is 5.46. The van der Waals surface area contributed by atoms with Crippen LogP contribution in [0.15, 0.2) is 48.5 Å². The van der Waals surface area contributed by atoms with Crippen LogP contribution in [-0.2, 0) is 17.0 Å². The van der Waals surface area contributed by atoms with Crippen molar-refractivity contribution in [3.63, 3.8) is 0 Å². The molecular formula is C19H20FNO3S. The topological polar surface area (TPSA) is 66.4 Å². The summed E-state index contributed by atoms with van der Waals surface area (Å²) in [5, 5.41) is 11.9. The van der Waals surface area contributed by atoms with Crippen LogP contribution in [0.1, 0.15) is 27.9 Å². The van der Waals surface area contributed by atoms with Gasteiger partial charge in [-0.1, -0.05) is 36.4 Å². The Morgan fingerprint density at radius 2 is 1.72 bits per heavy atom. The van der Waals surface area contributed by atoms with Crippen molar-refractivity contribution in [3.8, 4) is 0 Å². The molecule has 0 aromatic heterocycles. The fourth-order valence-corrected chi connectivity index (χ4v) is 3.19. The highest BCUT2D eigenvalue weighted by Crippen LogP contribution is 2.15. The third-order valence-electron chi connectivity index (χ3n) is 3.65. The molecule has 0 unspecified atom stereocenters. The number of carboxylic acid groups (broad SMARTS) is 1. The number of rotatable bonds is 9. The highest BCUT2D eigenvalue weighted by Gasteiger charge is 2.10. The number of thioether (sulfide) groups is 1. The maximum absolute atomic E-state index is 13.5. The van der Waals surface area contributed by atoms with E-state index in [-0.39, 0.29) is 23.7 Å². The number of aryl methyl sites for hydroxylation is 1. The second kappa shape index (κ2) is 9.84. The third kappa shape index (κ3) is 6.23. The lowest BCUT2D eigenvalue weighted by Gasteiger charge is -2.07. The molecule has 132 valence electrons.